The maximum absolute atomic E-state index is 11.2. The Morgan fingerprint density at radius 2 is 2.42 bits per heavy atom. The van der Waals surface area contributed by atoms with Gasteiger partial charge >= 0.3 is 0 Å². The standard InChI is InChI=1S/C6H5BrN4O/c1-3-10-5(7)4-6(12)8-2-9-11(3)4/h2H,1H3,(H,8,9,12). The van der Waals surface area contributed by atoms with E-state index in [-0.39, 0.29) is 5.56 Å². The third-order valence-electron chi connectivity index (χ3n) is 1.56. The lowest BCUT2D eigenvalue weighted by molar-refractivity contribution is 0.842. The van der Waals surface area contributed by atoms with Gasteiger partial charge in [0, 0.05) is 0 Å². The molecule has 5 nitrogen and oxygen atoms in total. The summed E-state index contributed by atoms with van der Waals surface area (Å²) in [5.41, 5.74) is 0.243. The van der Waals surface area contributed by atoms with Gasteiger partial charge in [0.05, 0.1) is 0 Å². The minimum Gasteiger partial charge on any atom is -0.310 e. The van der Waals surface area contributed by atoms with Crippen LogP contribution in [0.25, 0.3) is 5.52 Å². The van der Waals surface area contributed by atoms with Crippen molar-refractivity contribution in [3.05, 3.63) is 27.1 Å². The topological polar surface area (TPSA) is 63.0 Å². The quantitative estimate of drug-likeness (QED) is 0.714. The second-order valence-corrected chi connectivity index (χ2v) is 3.08. The predicted molar refractivity (Wildman–Crippen MR) is 46.0 cm³/mol. The molecule has 0 spiro atoms. The van der Waals surface area contributed by atoms with E-state index in [4.69, 9.17) is 0 Å². The number of hydrogen-bond acceptors (Lipinski definition) is 3. The number of fused-ring (bicyclic) bond motifs is 1. The van der Waals surface area contributed by atoms with Crippen LogP contribution in [0, 0.1) is 6.92 Å². The molecule has 0 aliphatic heterocycles. The first-order chi connectivity index (χ1) is 5.70. The molecular formula is C6H5BrN4O. The van der Waals surface area contributed by atoms with E-state index in [1.165, 1.54) is 10.8 Å². The Bertz CT molecular complexity index is 486. The lowest BCUT2D eigenvalue weighted by Gasteiger charge is -1.90. The monoisotopic (exact) mass is 228 g/mol. The van der Waals surface area contributed by atoms with Crippen LogP contribution in [0.15, 0.2) is 15.7 Å². The van der Waals surface area contributed by atoms with Gasteiger partial charge in [0.25, 0.3) is 5.56 Å². The minimum absolute atomic E-state index is 0.197. The number of aromatic nitrogens is 4. The molecule has 0 fully saturated rings. The third kappa shape index (κ3) is 0.878. The fourth-order valence-electron chi connectivity index (χ4n) is 1.04. The summed E-state index contributed by atoms with van der Waals surface area (Å²) < 4.78 is 2.01. The van der Waals surface area contributed by atoms with E-state index in [9.17, 15) is 4.79 Å². The van der Waals surface area contributed by atoms with Crippen LogP contribution < -0.4 is 5.56 Å². The Hall–Kier alpha value is -1.17. The summed E-state index contributed by atoms with van der Waals surface area (Å²) in [6.07, 6.45) is 1.34. The number of rotatable bonds is 0. The number of halogens is 1. The fourth-order valence-corrected chi connectivity index (χ4v) is 1.64. The van der Waals surface area contributed by atoms with Crippen molar-refractivity contribution >= 4 is 21.4 Å². The van der Waals surface area contributed by atoms with Gasteiger partial charge in [-0.1, -0.05) is 0 Å². The predicted octanol–water partition coefficient (Wildman–Crippen LogP) is 0.489. The average Bonchev–Trinajstić information content (AvgIpc) is 2.29. The highest BCUT2D eigenvalue weighted by Gasteiger charge is 2.08. The Morgan fingerprint density at radius 3 is 3.08 bits per heavy atom. The van der Waals surface area contributed by atoms with Gasteiger partial charge in [-0.3, -0.25) is 4.79 Å². The normalized spacial score (nSPS) is 10.8. The van der Waals surface area contributed by atoms with Crippen molar-refractivity contribution in [1.82, 2.24) is 19.6 Å². The van der Waals surface area contributed by atoms with Crippen molar-refractivity contribution in [1.29, 1.82) is 0 Å². The number of hydrogen-bond donors (Lipinski definition) is 1. The second-order valence-electron chi connectivity index (χ2n) is 2.33. The molecule has 2 heterocycles. The Labute approximate surface area is 75.6 Å². The van der Waals surface area contributed by atoms with Crippen LogP contribution in [-0.2, 0) is 0 Å². The number of H-pyrrole nitrogens is 1. The summed E-state index contributed by atoms with van der Waals surface area (Å²) >= 11 is 3.18. The minimum atomic E-state index is -0.197. The van der Waals surface area contributed by atoms with E-state index >= 15 is 0 Å². The van der Waals surface area contributed by atoms with Crippen molar-refractivity contribution < 1.29 is 0 Å². The Morgan fingerprint density at radius 1 is 1.67 bits per heavy atom. The van der Waals surface area contributed by atoms with Crippen molar-refractivity contribution in [2.75, 3.05) is 0 Å². The van der Waals surface area contributed by atoms with Crippen LogP contribution in [0.5, 0.6) is 0 Å². The molecule has 0 atom stereocenters. The summed E-state index contributed by atoms with van der Waals surface area (Å²) in [4.78, 5) is 17.7. The van der Waals surface area contributed by atoms with Crippen molar-refractivity contribution in [3.63, 3.8) is 0 Å². The molecule has 0 amide bonds. The van der Waals surface area contributed by atoms with Gasteiger partial charge in [-0.25, -0.2) is 9.50 Å². The number of nitrogens with one attached hydrogen (secondary N) is 1. The third-order valence-corrected chi connectivity index (χ3v) is 2.11. The molecule has 0 aliphatic carbocycles. The van der Waals surface area contributed by atoms with Crippen LogP contribution in [0.3, 0.4) is 0 Å². The molecule has 0 unspecified atom stereocenters. The SMILES string of the molecule is Cc1nc(Br)c2c(=O)[nH]cnn12. The number of aromatic amines is 1. The molecule has 0 saturated heterocycles. The summed E-state index contributed by atoms with van der Waals surface area (Å²) in [6.45, 7) is 1.78. The zero-order valence-electron chi connectivity index (χ0n) is 6.21. The maximum atomic E-state index is 11.2. The molecule has 0 radical (unpaired) electrons. The zero-order chi connectivity index (χ0) is 8.72. The van der Waals surface area contributed by atoms with E-state index in [0.29, 0.717) is 15.9 Å². The maximum Gasteiger partial charge on any atom is 0.277 e. The molecular weight excluding hydrogens is 224 g/mol. The summed E-state index contributed by atoms with van der Waals surface area (Å²) in [5.74, 6) is 0.683. The lowest BCUT2D eigenvalue weighted by Crippen LogP contribution is -2.11. The molecule has 2 aromatic rings. The molecule has 62 valence electrons. The van der Waals surface area contributed by atoms with Gasteiger partial charge in [0.2, 0.25) is 0 Å². The van der Waals surface area contributed by atoms with Gasteiger partial charge in [-0.05, 0) is 22.9 Å². The first kappa shape index (κ1) is 7.48. The summed E-state index contributed by atoms with van der Waals surface area (Å²) in [6, 6.07) is 0. The largest absolute Gasteiger partial charge is 0.310 e. The van der Waals surface area contributed by atoms with Crippen LogP contribution in [0.4, 0.5) is 0 Å². The molecule has 0 saturated carbocycles. The average molecular weight is 229 g/mol. The lowest BCUT2D eigenvalue weighted by atomic mass is 10.6. The van der Waals surface area contributed by atoms with E-state index in [2.05, 4.69) is 31.0 Å². The van der Waals surface area contributed by atoms with Gasteiger partial charge in [-0.2, -0.15) is 5.10 Å². The van der Waals surface area contributed by atoms with Gasteiger partial charge in [-0.15, -0.1) is 0 Å². The van der Waals surface area contributed by atoms with Crippen molar-refractivity contribution in [2.24, 2.45) is 0 Å². The van der Waals surface area contributed by atoms with Crippen LogP contribution in [-0.4, -0.2) is 19.6 Å². The first-order valence-corrected chi connectivity index (χ1v) is 4.08. The molecule has 0 aliphatic rings. The van der Waals surface area contributed by atoms with Crippen LogP contribution in [0.2, 0.25) is 0 Å². The number of aryl methyl sites for hydroxylation is 1. The van der Waals surface area contributed by atoms with E-state index < -0.39 is 0 Å². The van der Waals surface area contributed by atoms with E-state index in [1.807, 2.05) is 0 Å². The molecule has 0 bridgehead atoms. The Balaban J connectivity index is 3.09. The molecule has 0 aromatic carbocycles. The van der Waals surface area contributed by atoms with Crippen LogP contribution >= 0.6 is 15.9 Å². The van der Waals surface area contributed by atoms with E-state index in [1.54, 1.807) is 6.92 Å². The molecule has 2 aromatic heterocycles. The molecule has 2 rings (SSSR count). The highest BCUT2D eigenvalue weighted by atomic mass is 79.9. The van der Waals surface area contributed by atoms with Gasteiger partial charge < -0.3 is 4.98 Å². The fraction of sp³-hybridized carbons (Fsp3) is 0.167. The van der Waals surface area contributed by atoms with Crippen molar-refractivity contribution in [3.8, 4) is 0 Å². The molecule has 1 N–H and O–H groups in total. The van der Waals surface area contributed by atoms with Crippen LogP contribution in [0.1, 0.15) is 5.82 Å². The highest BCUT2D eigenvalue weighted by molar-refractivity contribution is 9.10. The van der Waals surface area contributed by atoms with Crippen molar-refractivity contribution in [2.45, 2.75) is 6.92 Å². The number of imidazole rings is 1. The Kier molecular flexibility index (Phi) is 1.50. The first-order valence-electron chi connectivity index (χ1n) is 3.28. The van der Waals surface area contributed by atoms with Gasteiger partial charge in [0.1, 0.15) is 16.8 Å². The van der Waals surface area contributed by atoms with Gasteiger partial charge in [0.15, 0.2) is 5.52 Å². The molecule has 12 heavy (non-hydrogen) atoms. The highest BCUT2D eigenvalue weighted by Crippen LogP contribution is 2.12. The second kappa shape index (κ2) is 2.41. The number of nitrogens with zero attached hydrogens (tertiary/aromatic N) is 3. The van der Waals surface area contributed by atoms with E-state index in [0.717, 1.165) is 0 Å². The summed E-state index contributed by atoms with van der Waals surface area (Å²) in [7, 11) is 0. The summed E-state index contributed by atoms with van der Waals surface area (Å²) in [5, 5.41) is 3.93. The molecule has 6 heteroatoms. The zero-order valence-corrected chi connectivity index (χ0v) is 7.79. The smallest absolute Gasteiger partial charge is 0.277 e.